The number of hydrogen-bond donors (Lipinski definition) is 1. The Labute approximate surface area is 89.1 Å². The zero-order valence-electron chi connectivity index (χ0n) is 10.4. The van der Waals surface area contributed by atoms with Crippen LogP contribution in [0.15, 0.2) is 0 Å². The van der Waals surface area contributed by atoms with Crippen LogP contribution in [0, 0.1) is 5.41 Å². The Balaban J connectivity index is 2.27. The smallest absolute Gasteiger partial charge is 0.0209 e. The van der Waals surface area contributed by atoms with Gasteiger partial charge in [-0.3, -0.25) is 0 Å². The number of nitrogens with zero attached hydrogens (tertiary/aromatic N) is 1. The third-order valence-corrected chi connectivity index (χ3v) is 2.54. The number of nitrogens with one attached hydrogen (secondary N) is 1. The molecule has 1 unspecified atom stereocenters. The van der Waals surface area contributed by atoms with E-state index in [0.29, 0.717) is 11.5 Å². The molecule has 1 atom stereocenters. The van der Waals surface area contributed by atoms with E-state index in [-0.39, 0.29) is 0 Å². The Morgan fingerprint density at radius 3 is 2.50 bits per heavy atom. The van der Waals surface area contributed by atoms with Gasteiger partial charge in [-0.1, -0.05) is 34.6 Å². The molecule has 1 aliphatic heterocycles. The van der Waals surface area contributed by atoms with Crippen LogP contribution in [0.4, 0.5) is 0 Å². The summed E-state index contributed by atoms with van der Waals surface area (Å²) in [6.45, 7) is 15.1. The molecule has 1 heterocycles. The van der Waals surface area contributed by atoms with Gasteiger partial charge in [0.25, 0.3) is 0 Å². The van der Waals surface area contributed by atoms with Crippen molar-refractivity contribution in [3.8, 4) is 0 Å². The Bertz CT molecular complexity index is 170. The van der Waals surface area contributed by atoms with Gasteiger partial charge in [0, 0.05) is 25.2 Å². The lowest BCUT2D eigenvalue weighted by atomic mass is 9.96. The summed E-state index contributed by atoms with van der Waals surface area (Å²) in [6.07, 6.45) is 1.31. The summed E-state index contributed by atoms with van der Waals surface area (Å²) in [5, 5.41) is 3.62. The van der Waals surface area contributed by atoms with Crippen molar-refractivity contribution in [2.75, 3.05) is 19.6 Å². The zero-order chi connectivity index (χ0) is 10.8. The van der Waals surface area contributed by atoms with Crippen LogP contribution in [0.5, 0.6) is 0 Å². The van der Waals surface area contributed by atoms with Gasteiger partial charge in [0.1, 0.15) is 0 Å². The van der Waals surface area contributed by atoms with E-state index in [4.69, 9.17) is 0 Å². The van der Waals surface area contributed by atoms with Gasteiger partial charge >= 0.3 is 0 Å². The standard InChI is InChI=1S/C12H26N2/c1-10(2)13-11-6-7-14(8-11)9-12(3,4)5/h10-11,13H,6-9H2,1-5H3. The lowest BCUT2D eigenvalue weighted by Gasteiger charge is -2.26. The van der Waals surface area contributed by atoms with Gasteiger partial charge in [-0.05, 0) is 18.4 Å². The van der Waals surface area contributed by atoms with Gasteiger partial charge in [-0.15, -0.1) is 0 Å². The van der Waals surface area contributed by atoms with Gasteiger partial charge in [0.05, 0.1) is 0 Å². The second-order valence-corrected chi connectivity index (χ2v) is 6.10. The van der Waals surface area contributed by atoms with Crippen molar-refractivity contribution in [1.82, 2.24) is 10.2 Å². The van der Waals surface area contributed by atoms with E-state index in [1.54, 1.807) is 0 Å². The summed E-state index contributed by atoms with van der Waals surface area (Å²) in [6, 6.07) is 1.34. The number of hydrogen-bond acceptors (Lipinski definition) is 2. The maximum atomic E-state index is 3.62. The minimum atomic E-state index is 0.437. The first kappa shape index (κ1) is 12.0. The fourth-order valence-electron chi connectivity index (χ4n) is 2.25. The van der Waals surface area contributed by atoms with E-state index < -0.39 is 0 Å². The molecule has 1 N–H and O–H groups in total. The first-order valence-electron chi connectivity index (χ1n) is 5.85. The fourth-order valence-corrected chi connectivity index (χ4v) is 2.25. The van der Waals surface area contributed by atoms with Crippen molar-refractivity contribution >= 4 is 0 Å². The van der Waals surface area contributed by atoms with Crippen molar-refractivity contribution in [3.63, 3.8) is 0 Å². The number of likely N-dealkylation sites (tertiary alicyclic amines) is 1. The Kier molecular flexibility index (Phi) is 3.96. The monoisotopic (exact) mass is 198 g/mol. The van der Waals surface area contributed by atoms with Crippen LogP contribution in [-0.2, 0) is 0 Å². The third-order valence-electron chi connectivity index (χ3n) is 2.54. The topological polar surface area (TPSA) is 15.3 Å². The molecule has 0 bridgehead atoms. The quantitative estimate of drug-likeness (QED) is 0.747. The first-order valence-corrected chi connectivity index (χ1v) is 5.85. The molecule has 0 saturated carbocycles. The Morgan fingerprint density at radius 2 is 2.00 bits per heavy atom. The Hall–Kier alpha value is -0.0800. The van der Waals surface area contributed by atoms with Crippen molar-refractivity contribution < 1.29 is 0 Å². The van der Waals surface area contributed by atoms with Crippen LogP contribution in [0.1, 0.15) is 41.0 Å². The minimum Gasteiger partial charge on any atom is -0.310 e. The van der Waals surface area contributed by atoms with E-state index in [9.17, 15) is 0 Å². The fraction of sp³-hybridized carbons (Fsp3) is 1.00. The molecule has 0 spiro atoms. The van der Waals surface area contributed by atoms with Crippen molar-refractivity contribution in [1.29, 1.82) is 0 Å². The highest BCUT2D eigenvalue weighted by Crippen LogP contribution is 2.19. The van der Waals surface area contributed by atoms with E-state index in [2.05, 4.69) is 44.8 Å². The lowest BCUT2D eigenvalue weighted by Crippen LogP contribution is -2.38. The van der Waals surface area contributed by atoms with Crippen molar-refractivity contribution in [2.45, 2.75) is 53.1 Å². The molecule has 1 fully saturated rings. The molecule has 0 aromatic carbocycles. The zero-order valence-corrected chi connectivity index (χ0v) is 10.4. The van der Waals surface area contributed by atoms with Crippen LogP contribution >= 0.6 is 0 Å². The van der Waals surface area contributed by atoms with Crippen LogP contribution < -0.4 is 5.32 Å². The molecular formula is C12H26N2. The summed E-state index contributed by atoms with van der Waals surface area (Å²) < 4.78 is 0. The highest BCUT2D eigenvalue weighted by molar-refractivity contribution is 4.84. The average Bonchev–Trinajstić information content (AvgIpc) is 2.30. The molecule has 0 aromatic rings. The van der Waals surface area contributed by atoms with E-state index in [0.717, 1.165) is 6.04 Å². The SMILES string of the molecule is CC(C)NC1CCN(CC(C)(C)C)C1. The van der Waals surface area contributed by atoms with Crippen molar-refractivity contribution in [3.05, 3.63) is 0 Å². The van der Waals surface area contributed by atoms with E-state index in [1.165, 1.54) is 26.1 Å². The summed E-state index contributed by atoms with van der Waals surface area (Å²) in [4.78, 5) is 2.58. The normalized spacial score (nSPS) is 24.9. The summed E-state index contributed by atoms with van der Waals surface area (Å²) >= 11 is 0. The highest BCUT2D eigenvalue weighted by Gasteiger charge is 2.25. The van der Waals surface area contributed by atoms with Gasteiger partial charge < -0.3 is 10.2 Å². The predicted octanol–water partition coefficient (Wildman–Crippen LogP) is 2.10. The summed E-state index contributed by atoms with van der Waals surface area (Å²) in [7, 11) is 0. The second kappa shape index (κ2) is 4.63. The molecule has 1 rings (SSSR count). The largest absolute Gasteiger partial charge is 0.310 e. The van der Waals surface area contributed by atoms with Gasteiger partial charge in [-0.25, -0.2) is 0 Å². The minimum absolute atomic E-state index is 0.437. The molecule has 1 saturated heterocycles. The second-order valence-electron chi connectivity index (χ2n) is 6.10. The molecular weight excluding hydrogens is 172 g/mol. The molecule has 0 aromatic heterocycles. The molecule has 1 aliphatic rings. The highest BCUT2D eigenvalue weighted by atomic mass is 15.2. The molecule has 2 nitrogen and oxygen atoms in total. The van der Waals surface area contributed by atoms with Gasteiger partial charge in [0.15, 0.2) is 0 Å². The van der Waals surface area contributed by atoms with Crippen LogP contribution in [0.2, 0.25) is 0 Å². The summed E-state index contributed by atoms with van der Waals surface area (Å²) in [5.74, 6) is 0. The predicted molar refractivity (Wildman–Crippen MR) is 62.6 cm³/mol. The van der Waals surface area contributed by atoms with Crippen LogP contribution in [-0.4, -0.2) is 36.6 Å². The Morgan fingerprint density at radius 1 is 1.36 bits per heavy atom. The van der Waals surface area contributed by atoms with Crippen LogP contribution in [0.25, 0.3) is 0 Å². The average molecular weight is 198 g/mol. The van der Waals surface area contributed by atoms with Gasteiger partial charge in [-0.2, -0.15) is 0 Å². The lowest BCUT2D eigenvalue weighted by molar-refractivity contribution is 0.222. The third kappa shape index (κ3) is 4.43. The van der Waals surface area contributed by atoms with E-state index in [1.807, 2.05) is 0 Å². The molecule has 0 radical (unpaired) electrons. The molecule has 0 aliphatic carbocycles. The van der Waals surface area contributed by atoms with Gasteiger partial charge in [0.2, 0.25) is 0 Å². The summed E-state index contributed by atoms with van der Waals surface area (Å²) in [5.41, 5.74) is 0.437. The van der Waals surface area contributed by atoms with E-state index >= 15 is 0 Å². The first-order chi connectivity index (χ1) is 6.37. The maximum absolute atomic E-state index is 3.62. The molecule has 2 heteroatoms. The molecule has 14 heavy (non-hydrogen) atoms. The van der Waals surface area contributed by atoms with Crippen LogP contribution in [0.3, 0.4) is 0 Å². The number of rotatable bonds is 3. The molecule has 84 valence electrons. The maximum Gasteiger partial charge on any atom is 0.0209 e. The van der Waals surface area contributed by atoms with Crippen molar-refractivity contribution in [2.24, 2.45) is 5.41 Å². The molecule has 0 amide bonds.